The van der Waals surface area contributed by atoms with E-state index in [0.29, 0.717) is 16.5 Å². The third-order valence-corrected chi connectivity index (χ3v) is 3.55. The van der Waals surface area contributed by atoms with Crippen molar-refractivity contribution in [3.8, 4) is 0 Å². The van der Waals surface area contributed by atoms with Gasteiger partial charge < -0.3 is 15.1 Å². The number of hydrogen-bond donors (Lipinski definition) is 2. The van der Waals surface area contributed by atoms with Gasteiger partial charge in [0.15, 0.2) is 0 Å². The number of rotatable bonds is 7. The highest BCUT2D eigenvalue weighted by molar-refractivity contribution is 6.30. The first kappa shape index (κ1) is 18.0. The predicted molar refractivity (Wildman–Crippen MR) is 92.8 cm³/mol. The van der Waals surface area contributed by atoms with Crippen LogP contribution in [0.5, 0.6) is 0 Å². The van der Waals surface area contributed by atoms with Crippen LogP contribution < -0.4 is 10.6 Å². The molecule has 1 atom stereocenters. The number of hydrogen-bond acceptors (Lipinski definition) is 4. The smallest absolute Gasteiger partial charge is 0.238 e. The number of furan rings is 1. The van der Waals surface area contributed by atoms with E-state index in [1.165, 1.54) is 0 Å². The van der Waals surface area contributed by atoms with E-state index in [2.05, 4.69) is 10.6 Å². The Morgan fingerprint density at radius 2 is 1.83 bits per heavy atom. The average molecular weight is 350 g/mol. The van der Waals surface area contributed by atoms with Crippen molar-refractivity contribution in [2.45, 2.75) is 13.0 Å². The molecule has 0 aliphatic heterocycles. The number of nitrogens with one attached hydrogen (secondary N) is 2. The first-order chi connectivity index (χ1) is 11.4. The Hall–Kier alpha value is -2.31. The molecular weight excluding hydrogens is 330 g/mol. The number of benzene rings is 1. The Kier molecular flexibility index (Phi) is 6.40. The molecule has 2 rings (SSSR count). The Morgan fingerprint density at radius 3 is 2.46 bits per heavy atom. The van der Waals surface area contributed by atoms with Gasteiger partial charge in [-0.1, -0.05) is 11.6 Å². The van der Waals surface area contributed by atoms with Gasteiger partial charge >= 0.3 is 0 Å². The Balaban J connectivity index is 1.75. The molecule has 0 aliphatic carbocycles. The van der Waals surface area contributed by atoms with Crippen LogP contribution in [-0.2, 0) is 9.59 Å². The molecule has 2 amide bonds. The summed E-state index contributed by atoms with van der Waals surface area (Å²) in [6.45, 7) is 2.05. The lowest BCUT2D eigenvalue weighted by molar-refractivity contribution is -0.123. The first-order valence-electron chi connectivity index (χ1n) is 7.51. The Bertz CT molecular complexity index is 671. The van der Waals surface area contributed by atoms with Gasteiger partial charge in [-0.15, -0.1) is 0 Å². The van der Waals surface area contributed by atoms with Crippen LogP contribution in [0, 0.1) is 0 Å². The highest BCUT2D eigenvalue weighted by Crippen LogP contribution is 2.13. The van der Waals surface area contributed by atoms with E-state index in [1.807, 2.05) is 6.92 Å². The topological polar surface area (TPSA) is 74.6 Å². The molecule has 7 heteroatoms. The predicted octanol–water partition coefficient (Wildman–Crippen LogP) is 2.68. The molecule has 2 aromatic rings. The number of halogens is 1. The minimum atomic E-state index is -0.219. The minimum Gasteiger partial charge on any atom is -0.467 e. The molecule has 0 fully saturated rings. The number of carbonyl (C=O) groups excluding carboxylic acids is 2. The summed E-state index contributed by atoms with van der Waals surface area (Å²) in [5.41, 5.74) is 0.661. The lowest BCUT2D eigenvalue weighted by Crippen LogP contribution is -2.39. The second-order valence-corrected chi connectivity index (χ2v) is 5.97. The molecular formula is C17H20ClN3O3. The van der Waals surface area contributed by atoms with Crippen LogP contribution in [-0.4, -0.2) is 36.9 Å². The van der Waals surface area contributed by atoms with E-state index in [-0.39, 0.29) is 30.9 Å². The summed E-state index contributed by atoms with van der Waals surface area (Å²) in [5.74, 6) is 0.305. The van der Waals surface area contributed by atoms with Crippen molar-refractivity contribution in [1.29, 1.82) is 0 Å². The number of likely N-dealkylation sites (N-methyl/N-ethyl adjacent to an activating group) is 1. The number of amides is 2. The second kappa shape index (κ2) is 8.52. The van der Waals surface area contributed by atoms with E-state index in [0.717, 1.165) is 0 Å². The maximum Gasteiger partial charge on any atom is 0.238 e. The summed E-state index contributed by atoms with van der Waals surface area (Å²) < 4.78 is 5.24. The molecule has 0 aliphatic rings. The molecule has 0 saturated heterocycles. The van der Waals surface area contributed by atoms with E-state index in [4.69, 9.17) is 16.0 Å². The van der Waals surface area contributed by atoms with Crippen LogP contribution in [0.2, 0.25) is 5.02 Å². The van der Waals surface area contributed by atoms with E-state index in [9.17, 15) is 9.59 Å². The average Bonchev–Trinajstić information content (AvgIpc) is 3.03. The molecule has 0 saturated carbocycles. The van der Waals surface area contributed by atoms with Gasteiger partial charge in [-0.3, -0.25) is 14.5 Å². The highest BCUT2D eigenvalue weighted by atomic mass is 35.5. The molecule has 0 radical (unpaired) electrons. The van der Waals surface area contributed by atoms with Gasteiger partial charge in [0.25, 0.3) is 0 Å². The highest BCUT2D eigenvalue weighted by Gasteiger charge is 2.15. The van der Waals surface area contributed by atoms with Crippen molar-refractivity contribution >= 4 is 29.1 Å². The van der Waals surface area contributed by atoms with Crippen LogP contribution in [0.25, 0.3) is 0 Å². The summed E-state index contributed by atoms with van der Waals surface area (Å²) in [5, 5.41) is 6.18. The number of carbonyl (C=O) groups is 2. The summed E-state index contributed by atoms with van der Waals surface area (Å²) in [6, 6.07) is 10.2. The van der Waals surface area contributed by atoms with Gasteiger partial charge in [0.2, 0.25) is 11.8 Å². The maximum atomic E-state index is 12.0. The normalized spacial score (nSPS) is 12.0. The van der Waals surface area contributed by atoms with Crippen molar-refractivity contribution in [2.24, 2.45) is 0 Å². The molecule has 6 nitrogen and oxygen atoms in total. The third-order valence-electron chi connectivity index (χ3n) is 3.30. The standard InChI is InChI=1S/C17H20ClN3O3/c1-12(15-4-3-9-24-15)19-16(22)10-21(2)11-17(23)20-14-7-5-13(18)6-8-14/h3-9,12H,10-11H2,1-2H3,(H,19,22)(H,20,23)/t12-/m0/s1. The minimum absolute atomic E-state index is 0.102. The molecule has 1 aromatic carbocycles. The van der Waals surface area contributed by atoms with Gasteiger partial charge in [-0.25, -0.2) is 0 Å². The molecule has 2 N–H and O–H groups in total. The van der Waals surface area contributed by atoms with Crippen LogP contribution in [0.3, 0.4) is 0 Å². The zero-order chi connectivity index (χ0) is 17.5. The largest absolute Gasteiger partial charge is 0.467 e. The van der Waals surface area contributed by atoms with Gasteiger partial charge in [0.05, 0.1) is 25.4 Å². The van der Waals surface area contributed by atoms with Crippen molar-refractivity contribution in [3.05, 3.63) is 53.4 Å². The van der Waals surface area contributed by atoms with Crippen LogP contribution >= 0.6 is 11.6 Å². The summed E-state index contributed by atoms with van der Waals surface area (Å²) >= 11 is 5.80. The first-order valence-corrected chi connectivity index (χ1v) is 7.88. The Morgan fingerprint density at radius 1 is 1.17 bits per heavy atom. The van der Waals surface area contributed by atoms with Gasteiger partial charge in [-0.2, -0.15) is 0 Å². The monoisotopic (exact) mass is 349 g/mol. The molecule has 0 unspecified atom stereocenters. The fraction of sp³-hybridized carbons (Fsp3) is 0.294. The van der Waals surface area contributed by atoms with Crippen LogP contribution in [0.15, 0.2) is 47.1 Å². The van der Waals surface area contributed by atoms with Crippen LogP contribution in [0.4, 0.5) is 5.69 Å². The number of nitrogens with zero attached hydrogens (tertiary/aromatic N) is 1. The van der Waals surface area contributed by atoms with Crippen molar-refractivity contribution < 1.29 is 14.0 Å². The summed E-state index contributed by atoms with van der Waals surface area (Å²) in [7, 11) is 1.71. The molecule has 128 valence electrons. The fourth-order valence-electron chi connectivity index (χ4n) is 2.18. The maximum absolute atomic E-state index is 12.0. The second-order valence-electron chi connectivity index (χ2n) is 5.53. The molecule has 0 bridgehead atoms. The third kappa shape index (κ3) is 5.72. The van der Waals surface area contributed by atoms with Crippen LogP contribution in [0.1, 0.15) is 18.7 Å². The van der Waals surface area contributed by atoms with Gasteiger partial charge in [0.1, 0.15) is 5.76 Å². The van der Waals surface area contributed by atoms with Gasteiger partial charge in [-0.05, 0) is 50.4 Å². The molecule has 24 heavy (non-hydrogen) atoms. The van der Waals surface area contributed by atoms with Gasteiger partial charge in [0, 0.05) is 10.7 Å². The molecule has 1 heterocycles. The lowest BCUT2D eigenvalue weighted by atomic mass is 10.2. The summed E-state index contributed by atoms with van der Waals surface area (Å²) in [6.07, 6.45) is 1.56. The zero-order valence-corrected chi connectivity index (χ0v) is 14.3. The number of anilines is 1. The fourth-order valence-corrected chi connectivity index (χ4v) is 2.30. The molecule has 1 aromatic heterocycles. The Labute approximate surface area is 145 Å². The zero-order valence-electron chi connectivity index (χ0n) is 13.6. The summed E-state index contributed by atoms with van der Waals surface area (Å²) in [4.78, 5) is 25.6. The quantitative estimate of drug-likeness (QED) is 0.806. The van der Waals surface area contributed by atoms with Crippen molar-refractivity contribution in [2.75, 3.05) is 25.5 Å². The van der Waals surface area contributed by atoms with Crippen molar-refractivity contribution in [3.63, 3.8) is 0 Å². The SMILES string of the molecule is C[C@H](NC(=O)CN(C)CC(=O)Nc1ccc(Cl)cc1)c1ccco1. The lowest BCUT2D eigenvalue weighted by Gasteiger charge is -2.18. The van der Waals surface area contributed by atoms with E-state index in [1.54, 1.807) is 54.6 Å². The molecule has 0 spiro atoms. The van der Waals surface area contributed by atoms with E-state index >= 15 is 0 Å². The van der Waals surface area contributed by atoms with Crippen molar-refractivity contribution in [1.82, 2.24) is 10.2 Å². The van der Waals surface area contributed by atoms with E-state index < -0.39 is 0 Å².